The van der Waals surface area contributed by atoms with Gasteiger partial charge in [-0.05, 0) is 28.9 Å². The Morgan fingerprint density at radius 2 is 1.90 bits per heavy atom. The first-order chi connectivity index (χ1) is 10.2. The van der Waals surface area contributed by atoms with Gasteiger partial charge in [0.15, 0.2) is 5.82 Å². The van der Waals surface area contributed by atoms with E-state index in [1.807, 2.05) is 48.0 Å². The summed E-state index contributed by atoms with van der Waals surface area (Å²) in [5.74, 6) is 0.571. The minimum atomic E-state index is 0.391. The maximum atomic E-state index is 6.25. The summed E-state index contributed by atoms with van der Waals surface area (Å²) < 4.78 is 2.54. The van der Waals surface area contributed by atoms with E-state index in [0.717, 1.165) is 23.5 Å². The van der Waals surface area contributed by atoms with E-state index in [1.54, 1.807) is 6.20 Å². The van der Waals surface area contributed by atoms with E-state index >= 15 is 0 Å². The predicted octanol–water partition coefficient (Wildman–Crippen LogP) is 4.44. The van der Waals surface area contributed by atoms with E-state index in [0.29, 0.717) is 15.5 Å². The molecule has 4 nitrogen and oxygen atoms in total. The molecule has 2 aromatic heterocycles. The second kappa shape index (κ2) is 5.95. The molecule has 0 fully saturated rings. The number of hydrogen-bond acceptors (Lipinski definition) is 3. The van der Waals surface area contributed by atoms with E-state index in [1.165, 1.54) is 0 Å². The molecule has 2 heterocycles. The Balaban J connectivity index is 2.19. The molecule has 0 aliphatic rings. The van der Waals surface area contributed by atoms with Gasteiger partial charge in [-0.15, -0.1) is 0 Å². The van der Waals surface area contributed by atoms with Crippen molar-refractivity contribution in [3.63, 3.8) is 0 Å². The van der Waals surface area contributed by atoms with Crippen LogP contribution in [0.5, 0.6) is 0 Å². The molecule has 1 aromatic carbocycles. The molecular weight excluding hydrogens is 352 g/mol. The molecular formula is C15H12BrClN4. The number of aromatic nitrogens is 4. The van der Waals surface area contributed by atoms with Crippen LogP contribution in [0.3, 0.4) is 0 Å². The van der Waals surface area contributed by atoms with Crippen LogP contribution >= 0.6 is 27.5 Å². The molecule has 21 heavy (non-hydrogen) atoms. The third kappa shape index (κ3) is 2.71. The van der Waals surface area contributed by atoms with E-state index < -0.39 is 0 Å². The van der Waals surface area contributed by atoms with Gasteiger partial charge in [0.25, 0.3) is 0 Å². The van der Waals surface area contributed by atoms with Crippen LogP contribution in [0.15, 0.2) is 47.1 Å². The number of nitrogens with zero attached hydrogens (tertiary/aromatic N) is 4. The Morgan fingerprint density at radius 3 is 2.62 bits per heavy atom. The monoisotopic (exact) mass is 362 g/mol. The van der Waals surface area contributed by atoms with Crippen LogP contribution in [0, 0.1) is 0 Å². The zero-order valence-electron chi connectivity index (χ0n) is 11.3. The molecule has 6 heteroatoms. The molecule has 0 N–H and O–H groups in total. The first kappa shape index (κ1) is 14.2. The van der Waals surface area contributed by atoms with Crippen molar-refractivity contribution in [1.29, 1.82) is 0 Å². The number of hydrogen-bond donors (Lipinski definition) is 0. The molecule has 0 aliphatic carbocycles. The van der Waals surface area contributed by atoms with Gasteiger partial charge in [0, 0.05) is 18.3 Å². The van der Waals surface area contributed by atoms with Crippen LogP contribution in [0.1, 0.15) is 6.92 Å². The first-order valence-electron chi connectivity index (χ1n) is 6.51. The Kier molecular flexibility index (Phi) is 4.03. The summed E-state index contributed by atoms with van der Waals surface area (Å²) in [5.41, 5.74) is 2.61. The normalized spacial score (nSPS) is 10.8. The summed E-state index contributed by atoms with van der Waals surface area (Å²) in [7, 11) is 0. The zero-order chi connectivity index (χ0) is 14.8. The molecule has 0 spiro atoms. The molecule has 3 aromatic rings. The summed E-state index contributed by atoms with van der Waals surface area (Å²) >= 11 is 9.72. The van der Waals surface area contributed by atoms with Gasteiger partial charge in [0.05, 0.1) is 10.2 Å². The highest BCUT2D eigenvalue weighted by Gasteiger charge is 2.15. The standard InChI is InChI=1S/C15H12BrClN4/c1-2-21-11(8-9-18-21)15-19-13(12(16)14(17)20-15)10-6-4-3-5-7-10/h3-9H,2H2,1H3. The first-order valence-corrected chi connectivity index (χ1v) is 7.68. The van der Waals surface area contributed by atoms with Crippen LogP contribution < -0.4 is 0 Å². The second-order valence-corrected chi connectivity index (χ2v) is 5.55. The highest BCUT2D eigenvalue weighted by molar-refractivity contribution is 9.10. The number of benzene rings is 1. The lowest BCUT2D eigenvalue weighted by Crippen LogP contribution is -2.03. The molecule has 0 aliphatic heterocycles. The second-order valence-electron chi connectivity index (χ2n) is 4.40. The van der Waals surface area contributed by atoms with E-state index in [2.05, 4.69) is 31.0 Å². The topological polar surface area (TPSA) is 43.6 Å². The highest BCUT2D eigenvalue weighted by Crippen LogP contribution is 2.33. The Bertz CT molecular complexity index is 771. The summed E-state index contributed by atoms with van der Waals surface area (Å²) in [5, 5.41) is 4.64. The van der Waals surface area contributed by atoms with Gasteiger partial charge in [-0.25, -0.2) is 9.97 Å². The van der Waals surface area contributed by atoms with E-state index in [-0.39, 0.29) is 0 Å². The lowest BCUT2D eigenvalue weighted by molar-refractivity contribution is 0.664. The van der Waals surface area contributed by atoms with Crippen molar-refractivity contribution >= 4 is 27.5 Å². The van der Waals surface area contributed by atoms with Crippen LogP contribution in [0.4, 0.5) is 0 Å². The maximum absolute atomic E-state index is 6.25. The highest BCUT2D eigenvalue weighted by atomic mass is 79.9. The molecule has 3 rings (SSSR count). The molecule has 106 valence electrons. The summed E-state index contributed by atoms with van der Waals surface area (Å²) in [6.45, 7) is 2.77. The Hall–Kier alpha value is -1.72. The van der Waals surface area contributed by atoms with E-state index in [4.69, 9.17) is 11.6 Å². The quantitative estimate of drug-likeness (QED) is 0.646. The van der Waals surface area contributed by atoms with Gasteiger partial charge >= 0.3 is 0 Å². The molecule has 0 amide bonds. The lowest BCUT2D eigenvalue weighted by Gasteiger charge is -2.09. The summed E-state index contributed by atoms with van der Waals surface area (Å²) in [6, 6.07) is 11.8. The fourth-order valence-electron chi connectivity index (χ4n) is 2.10. The van der Waals surface area contributed by atoms with Crippen molar-refractivity contribution in [3.05, 3.63) is 52.2 Å². The van der Waals surface area contributed by atoms with Gasteiger partial charge in [-0.1, -0.05) is 41.9 Å². The number of aryl methyl sites for hydroxylation is 1. The average molecular weight is 364 g/mol. The Morgan fingerprint density at radius 1 is 1.14 bits per heavy atom. The van der Waals surface area contributed by atoms with Gasteiger partial charge in [-0.2, -0.15) is 5.10 Å². The van der Waals surface area contributed by atoms with Crippen LogP contribution in [0.2, 0.25) is 5.15 Å². The van der Waals surface area contributed by atoms with Crippen molar-refractivity contribution in [2.45, 2.75) is 13.5 Å². The number of halogens is 2. The summed E-state index contributed by atoms with van der Waals surface area (Å²) in [4.78, 5) is 9.01. The van der Waals surface area contributed by atoms with Gasteiger partial charge in [-0.3, -0.25) is 4.68 Å². The average Bonchev–Trinajstić information content (AvgIpc) is 2.99. The van der Waals surface area contributed by atoms with Crippen molar-refractivity contribution in [1.82, 2.24) is 19.7 Å². The molecule has 0 radical (unpaired) electrons. The molecule has 0 bridgehead atoms. The molecule has 0 saturated carbocycles. The maximum Gasteiger partial charge on any atom is 0.179 e. The van der Waals surface area contributed by atoms with Crippen LogP contribution in [-0.2, 0) is 6.54 Å². The molecule has 0 unspecified atom stereocenters. The summed E-state index contributed by atoms with van der Waals surface area (Å²) in [6.07, 6.45) is 1.74. The fraction of sp³-hybridized carbons (Fsp3) is 0.133. The largest absolute Gasteiger partial charge is 0.262 e. The predicted molar refractivity (Wildman–Crippen MR) is 87.1 cm³/mol. The van der Waals surface area contributed by atoms with Gasteiger partial charge in [0.2, 0.25) is 0 Å². The van der Waals surface area contributed by atoms with Gasteiger partial charge < -0.3 is 0 Å². The fourth-order valence-corrected chi connectivity index (χ4v) is 2.67. The Labute approximate surface area is 135 Å². The minimum Gasteiger partial charge on any atom is -0.262 e. The molecule has 0 saturated heterocycles. The zero-order valence-corrected chi connectivity index (χ0v) is 13.6. The third-order valence-corrected chi connectivity index (χ3v) is 4.36. The van der Waals surface area contributed by atoms with Crippen molar-refractivity contribution in [3.8, 4) is 22.8 Å². The lowest BCUT2D eigenvalue weighted by atomic mass is 10.1. The third-order valence-electron chi connectivity index (χ3n) is 3.10. The number of rotatable bonds is 3. The van der Waals surface area contributed by atoms with Crippen LogP contribution in [-0.4, -0.2) is 19.7 Å². The van der Waals surface area contributed by atoms with Crippen molar-refractivity contribution in [2.24, 2.45) is 0 Å². The minimum absolute atomic E-state index is 0.391. The van der Waals surface area contributed by atoms with Crippen molar-refractivity contribution in [2.75, 3.05) is 0 Å². The smallest absolute Gasteiger partial charge is 0.179 e. The molecule has 0 atom stereocenters. The SMILES string of the molecule is CCn1nccc1-c1nc(Cl)c(Br)c(-c2ccccc2)n1. The van der Waals surface area contributed by atoms with E-state index in [9.17, 15) is 0 Å². The van der Waals surface area contributed by atoms with Crippen molar-refractivity contribution < 1.29 is 0 Å². The van der Waals surface area contributed by atoms with Crippen LogP contribution in [0.25, 0.3) is 22.8 Å². The van der Waals surface area contributed by atoms with Gasteiger partial charge in [0.1, 0.15) is 10.8 Å².